The number of aromatic nitrogens is 2. The van der Waals surface area contributed by atoms with E-state index in [4.69, 9.17) is 0 Å². The predicted molar refractivity (Wildman–Crippen MR) is 66.6 cm³/mol. The molecule has 0 bridgehead atoms. The second-order valence-electron chi connectivity index (χ2n) is 3.50. The van der Waals surface area contributed by atoms with Crippen LogP contribution in [0.5, 0.6) is 0 Å². The molecule has 0 aliphatic rings. The number of hydrogen-bond acceptors (Lipinski definition) is 3. The van der Waals surface area contributed by atoms with Gasteiger partial charge in [-0.05, 0) is 37.3 Å². The summed E-state index contributed by atoms with van der Waals surface area (Å²) >= 11 is 0. The van der Waals surface area contributed by atoms with E-state index in [2.05, 4.69) is 9.82 Å². The van der Waals surface area contributed by atoms with Crippen LogP contribution in [0.4, 0.5) is 5.69 Å². The highest BCUT2D eigenvalue weighted by atomic mass is 32.2. The molecule has 6 heteroatoms. The van der Waals surface area contributed by atoms with Gasteiger partial charge in [0.05, 0.1) is 11.4 Å². The molecule has 0 aliphatic heterocycles. The zero-order valence-electron chi connectivity index (χ0n) is 9.37. The number of nitrogens with one attached hydrogen (secondary N) is 1. The molecule has 0 saturated carbocycles. The lowest BCUT2D eigenvalue weighted by Crippen LogP contribution is -2.14. The first-order chi connectivity index (χ1) is 8.11. The van der Waals surface area contributed by atoms with Gasteiger partial charge in [-0.3, -0.25) is 4.72 Å². The Hall–Kier alpha value is -1.82. The Balaban J connectivity index is 2.19. The zero-order chi connectivity index (χ0) is 12.3. The quantitative estimate of drug-likeness (QED) is 0.898. The minimum atomic E-state index is -3.21. The van der Waals surface area contributed by atoms with Crippen molar-refractivity contribution in [3.8, 4) is 5.69 Å². The van der Waals surface area contributed by atoms with Crippen molar-refractivity contribution in [2.45, 2.75) is 6.92 Å². The van der Waals surface area contributed by atoms with Crippen molar-refractivity contribution in [3.63, 3.8) is 0 Å². The molecule has 0 saturated heterocycles. The van der Waals surface area contributed by atoms with Crippen molar-refractivity contribution in [3.05, 3.63) is 42.7 Å². The van der Waals surface area contributed by atoms with Crippen LogP contribution in [-0.2, 0) is 10.0 Å². The van der Waals surface area contributed by atoms with Gasteiger partial charge in [-0.25, -0.2) is 13.1 Å². The van der Waals surface area contributed by atoms with Crippen LogP contribution < -0.4 is 4.72 Å². The first-order valence-electron chi connectivity index (χ1n) is 5.21. The minimum absolute atomic E-state index is 0.0634. The molecule has 0 aliphatic carbocycles. The fourth-order valence-corrected chi connectivity index (χ4v) is 2.00. The Kier molecular flexibility index (Phi) is 3.14. The Bertz CT molecular complexity index is 574. The van der Waals surface area contributed by atoms with E-state index in [1.165, 1.54) is 0 Å². The van der Waals surface area contributed by atoms with Gasteiger partial charge in [-0.1, -0.05) is 0 Å². The molecule has 0 fully saturated rings. The highest BCUT2D eigenvalue weighted by molar-refractivity contribution is 7.92. The van der Waals surface area contributed by atoms with E-state index in [0.29, 0.717) is 5.69 Å². The lowest BCUT2D eigenvalue weighted by molar-refractivity contribution is 0.602. The number of nitrogens with zero attached hydrogens (tertiary/aromatic N) is 2. The summed E-state index contributed by atoms with van der Waals surface area (Å²) in [5.74, 6) is 0.0634. The molecule has 1 heterocycles. The van der Waals surface area contributed by atoms with Crippen LogP contribution in [-0.4, -0.2) is 24.0 Å². The molecule has 0 radical (unpaired) electrons. The summed E-state index contributed by atoms with van der Waals surface area (Å²) in [5, 5.41) is 4.08. The Labute approximate surface area is 100 Å². The second kappa shape index (κ2) is 4.58. The fraction of sp³-hybridized carbons (Fsp3) is 0.182. The smallest absolute Gasteiger partial charge is 0.232 e. The maximum Gasteiger partial charge on any atom is 0.232 e. The summed E-state index contributed by atoms with van der Waals surface area (Å²) in [6, 6.07) is 8.86. The van der Waals surface area contributed by atoms with E-state index in [0.717, 1.165) is 5.69 Å². The van der Waals surface area contributed by atoms with Crippen molar-refractivity contribution < 1.29 is 8.42 Å². The molecule has 1 aromatic carbocycles. The van der Waals surface area contributed by atoms with Gasteiger partial charge < -0.3 is 0 Å². The molecule has 2 aromatic rings. The molecule has 5 nitrogen and oxygen atoms in total. The summed E-state index contributed by atoms with van der Waals surface area (Å²) in [6.07, 6.45) is 3.51. The number of rotatable bonds is 4. The van der Waals surface area contributed by atoms with Crippen LogP contribution in [0.25, 0.3) is 5.69 Å². The third-order valence-corrected chi connectivity index (χ3v) is 3.60. The molecular formula is C11H13N3O2S. The van der Waals surface area contributed by atoms with Gasteiger partial charge in [0.1, 0.15) is 0 Å². The number of anilines is 1. The van der Waals surface area contributed by atoms with E-state index in [9.17, 15) is 8.42 Å². The molecule has 1 N–H and O–H groups in total. The molecule has 90 valence electrons. The molecule has 1 aromatic heterocycles. The van der Waals surface area contributed by atoms with Gasteiger partial charge in [0.25, 0.3) is 0 Å². The van der Waals surface area contributed by atoms with E-state index >= 15 is 0 Å². The first kappa shape index (κ1) is 11.7. The van der Waals surface area contributed by atoms with E-state index in [1.807, 2.05) is 12.3 Å². The monoisotopic (exact) mass is 251 g/mol. The number of hydrogen-bond donors (Lipinski definition) is 1. The van der Waals surface area contributed by atoms with Crippen LogP contribution in [0.15, 0.2) is 42.7 Å². The Morgan fingerprint density at radius 3 is 2.53 bits per heavy atom. The fourth-order valence-electron chi connectivity index (χ4n) is 1.36. The summed E-state index contributed by atoms with van der Waals surface area (Å²) in [4.78, 5) is 0. The lowest BCUT2D eigenvalue weighted by atomic mass is 10.3. The summed E-state index contributed by atoms with van der Waals surface area (Å²) in [7, 11) is -3.21. The molecular weight excluding hydrogens is 238 g/mol. The maximum atomic E-state index is 11.4. The summed E-state index contributed by atoms with van der Waals surface area (Å²) < 4.78 is 26.9. The molecule has 17 heavy (non-hydrogen) atoms. The van der Waals surface area contributed by atoms with Crippen LogP contribution in [0.2, 0.25) is 0 Å². The minimum Gasteiger partial charge on any atom is -0.284 e. The van der Waals surface area contributed by atoms with Gasteiger partial charge in [-0.15, -0.1) is 0 Å². The van der Waals surface area contributed by atoms with Gasteiger partial charge in [0, 0.05) is 18.1 Å². The topological polar surface area (TPSA) is 64.0 Å². The van der Waals surface area contributed by atoms with Gasteiger partial charge >= 0.3 is 0 Å². The first-order valence-corrected chi connectivity index (χ1v) is 6.86. The van der Waals surface area contributed by atoms with Crippen LogP contribution >= 0.6 is 0 Å². The highest BCUT2D eigenvalue weighted by Crippen LogP contribution is 2.13. The van der Waals surface area contributed by atoms with Gasteiger partial charge in [0.2, 0.25) is 10.0 Å². The van der Waals surface area contributed by atoms with Crippen molar-refractivity contribution in [2.24, 2.45) is 0 Å². The molecule has 0 atom stereocenters. The Morgan fingerprint density at radius 2 is 2.00 bits per heavy atom. The number of sulfonamides is 1. The molecule has 0 amide bonds. The zero-order valence-corrected chi connectivity index (χ0v) is 10.2. The van der Waals surface area contributed by atoms with Crippen LogP contribution in [0.3, 0.4) is 0 Å². The van der Waals surface area contributed by atoms with Gasteiger partial charge in [0.15, 0.2) is 0 Å². The van der Waals surface area contributed by atoms with Crippen LogP contribution in [0.1, 0.15) is 6.92 Å². The summed E-state index contributed by atoms with van der Waals surface area (Å²) in [6.45, 7) is 1.60. The highest BCUT2D eigenvalue weighted by Gasteiger charge is 2.06. The maximum absolute atomic E-state index is 11.4. The average Bonchev–Trinajstić information content (AvgIpc) is 2.83. The third-order valence-electron chi connectivity index (χ3n) is 2.29. The number of benzene rings is 1. The second-order valence-corrected chi connectivity index (χ2v) is 5.51. The standard InChI is InChI=1S/C11H13N3O2S/c1-2-17(15,16)13-10-4-6-11(7-5-10)14-9-3-8-12-14/h3-9,13H,2H2,1H3. The van der Waals surface area contributed by atoms with Crippen LogP contribution in [0, 0.1) is 0 Å². The summed E-state index contributed by atoms with van der Waals surface area (Å²) in [5.41, 5.74) is 1.44. The van der Waals surface area contributed by atoms with Crippen molar-refractivity contribution >= 4 is 15.7 Å². The average molecular weight is 251 g/mol. The molecule has 0 spiro atoms. The molecule has 0 unspecified atom stereocenters. The van der Waals surface area contributed by atoms with Crippen molar-refractivity contribution in [1.29, 1.82) is 0 Å². The van der Waals surface area contributed by atoms with E-state index < -0.39 is 10.0 Å². The third kappa shape index (κ3) is 2.85. The largest absolute Gasteiger partial charge is 0.284 e. The molecule has 2 rings (SSSR count). The Morgan fingerprint density at radius 1 is 1.29 bits per heavy atom. The van der Waals surface area contributed by atoms with E-state index in [-0.39, 0.29) is 5.75 Å². The van der Waals surface area contributed by atoms with E-state index in [1.54, 1.807) is 42.1 Å². The van der Waals surface area contributed by atoms with Crippen molar-refractivity contribution in [2.75, 3.05) is 10.5 Å². The SMILES string of the molecule is CCS(=O)(=O)Nc1ccc(-n2cccn2)cc1. The normalized spacial score (nSPS) is 11.4. The van der Waals surface area contributed by atoms with Gasteiger partial charge in [-0.2, -0.15) is 5.10 Å². The van der Waals surface area contributed by atoms with Crippen molar-refractivity contribution in [1.82, 2.24) is 9.78 Å². The lowest BCUT2D eigenvalue weighted by Gasteiger charge is -2.07. The predicted octanol–water partition coefficient (Wildman–Crippen LogP) is 1.63.